The highest BCUT2D eigenvalue weighted by Gasteiger charge is 2.35. The number of ether oxygens (including phenoxy) is 2. The van der Waals surface area contributed by atoms with Gasteiger partial charge >= 0.3 is 0 Å². The summed E-state index contributed by atoms with van der Waals surface area (Å²) in [5.41, 5.74) is 12.2. The van der Waals surface area contributed by atoms with E-state index in [1.54, 1.807) is 13.2 Å². The Hall–Kier alpha value is -4.28. The van der Waals surface area contributed by atoms with Gasteiger partial charge in [0.15, 0.2) is 5.78 Å². The molecule has 0 fully saturated rings. The number of nitriles is 1. The van der Waals surface area contributed by atoms with Crippen molar-refractivity contribution >= 4 is 34.1 Å². The average Bonchev–Trinajstić information content (AvgIpc) is 3.53. The molecule has 3 N–H and O–H groups in total. The van der Waals surface area contributed by atoms with Crippen molar-refractivity contribution in [1.29, 1.82) is 5.26 Å². The first-order chi connectivity index (χ1) is 17.8. The zero-order chi connectivity index (χ0) is 26.3. The number of nitrogens with two attached hydrogens (primary N) is 1. The summed E-state index contributed by atoms with van der Waals surface area (Å²) < 4.78 is 11.6. The van der Waals surface area contributed by atoms with Crippen LogP contribution in [0.1, 0.15) is 63.3 Å². The lowest BCUT2D eigenvalue weighted by molar-refractivity contribution is 0.105. The van der Waals surface area contributed by atoms with Crippen molar-refractivity contribution in [1.82, 2.24) is 4.98 Å². The fourth-order valence-electron chi connectivity index (χ4n) is 4.94. The number of ketones is 1. The molecule has 186 valence electrons. The van der Waals surface area contributed by atoms with Gasteiger partial charge in [0.1, 0.15) is 23.1 Å². The van der Waals surface area contributed by atoms with Crippen molar-refractivity contribution in [2.45, 2.75) is 32.6 Å². The number of nitrogens with one attached hydrogen (secondary N) is 1. The molecule has 4 aromatic rings. The number of H-pyrrole nitrogens is 1. The highest BCUT2D eigenvalue weighted by Crippen LogP contribution is 2.48. The standard InChI is InChI=1S/C30H27N3O3S/c1-16(2)20-12-18(7-10-25(34)26-6-5-11-37-26)13-22-28(23(15-31)30(32)36-29(20)22)27-17(3)33-24-9-8-19(35-4)14-21(24)27/h5-14,16,28,33H,32H2,1-4H3/b10-7+. The first-order valence-electron chi connectivity index (χ1n) is 12.0. The van der Waals surface area contributed by atoms with Crippen LogP contribution in [0.2, 0.25) is 0 Å². The van der Waals surface area contributed by atoms with Gasteiger partial charge < -0.3 is 20.2 Å². The minimum atomic E-state index is -0.451. The van der Waals surface area contributed by atoms with E-state index < -0.39 is 5.92 Å². The van der Waals surface area contributed by atoms with E-state index in [9.17, 15) is 10.1 Å². The number of hydrogen-bond acceptors (Lipinski definition) is 6. The average molecular weight is 510 g/mol. The number of aromatic nitrogens is 1. The van der Waals surface area contributed by atoms with Crippen LogP contribution in [0.3, 0.4) is 0 Å². The van der Waals surface area contributed by atoms with Gasteiger partial charge in [-0.3, -0.25) is 4.79 Å². The fraction of sp³-hybridized carbons (Fsp3) is 0.200. The second kappa shape index (κ2) is 9.64. The van der Waals surface area contributed by atoms with E-state index in [0.29, 0.717) is 16.2 Å². The Morgan fingerprint density at radius 2 is 2.08 bits per heavy atom. The zero-order valence-electron chi connectivity index (χ0n) is 21.1. The van der Waals surface area contributed by atoms with Crippen LogP contribution in [0.25, 0.3) is 17.0 Å². The third-order valence-electron chi connectivity index (χ3n) is 6.71. The lowest BCUT2D eigenvalue weighted by Gasteiger charge is -2.29. The maximum Gasteiger partial charge on any atom is 0.205 e. The topological polar surface area (TPSA) is 101 Å². The largest absolute Gasteiger partial charge is 0.497 e. The first-order valence-corrected chi connectivity index (χ1v) is 12.9. The Morgan fingerprint density at radius 1 is 1.27 bits per heavy atom. The molecular weight excluding hydrogens is 482 g/mol. The van der Waals surface area contributed by atoms with Gasteiger partial charge in [0.25, 0.3) is 0 Å². The molecule has 7 heteroatoms. The molecule has 5 rings (SSSR count). The molecule has 1 aliphatic rings. The molecule has 2 aromatic heterocycles. The summed E-state index contributed by atoms with van der Waals surface area (Å²) in [4.78, 5) is 16.8. The van der Waals surface area contributed by atoms with Gasteiger partial charge in [0.05, 0.1) is 17.9 Å². The van der Waals surface area contributed by atoms with Crippen molar-refractivity contribution in [2.75, 3.05) is 7.11 Å². The third-order valence-corrected chi connectivity index (χ3v) is 7.60. The number of carbonyl (C=O) groups is 1. The number of carbonyl (C=O) groups excluding carboxylic acids is 1. The summed E-state index contributed by atoms with van der Waals surface area (Å²) >= 11 is 1.41. The van der Waals surface area contributed by atoms with Crippen molar-refractivity contribution in [3.05, 3.63) is 98.2 Å². The number of rotatable bonds is 6. The monoisotopic (exact) mass is 509 g/mol. The summed E-state index contributed by atoms with van der Waals surface area (Å²) in [6, 6.07) is 15.8. The van der Waals surface area contributed by atoms with Crippen LogP contribution < -0.4 is 15.2 Å². The Morgan fingerprint density at radius 3 is 2.76 bits per heavy atom. The number of aromatic amines is 1. The van der Waals surface area contributed by atoms with Gasteiger partial charge in [-0.05, 0) is 77.4 Å². The van der Waals surface area contributed by atoms with Crippen LogP contribution >= 0.6 is 11.3 Å². The van der Waals surface area contributed by atoms with Crippen molar-refractivity contribution in [2.24, 2.45) is 5.73 Å². The molecule has 0 saturated carbocycles. The molecule has 1 atom stereocenters. The van der Waals surface area contributed by atoms with Crippen LogP contribution in [-0.4, -0.2) is 17.9 Å². The Kier molecular flexibility index (Phi) is 6.36. The second-order valence-corrected chi connectivity index (χ2v) is 10.3. The molecule has 2 aromatic carbocycles. The summed E-state index contributed by atoms with van der Waals surface area (Å²) in [6.07, 6.45) is 3.41. The minimum Gasteiger partial charge on any atom is -0.497 e. The van der Waals surface area contributed by atoms with E-state index in [1.807, 2.05) is 60.8 Å². The molecule has 6 nitrogen and oxygen atoms in total. The quantitative estimate of drug-likeness (QED) is 0.220. The SMILES string of the molecule is COc1ccc2[nH]c(C)c(C3C(C#N)=C(N)Oc4c(C(C)C)cc(/C=C/C(=O)c5cccs5)cc43)c2c1. The number of hydrogen-bond donors (Lipinski definition) is 2. The Labute approximate surface area is 219 Å². The van der Waals surface area contributed by atoms with E-state index in [2.05, 4.69) is 24.9 Å². The Balaban J connectivity index is 1.73. The van der Waals surface area contributed by atoms with Crippen LogP contribution in [0.15, 0.2) is 65.4 Å². The van der Waals surface area contributed by atoms with Crippen molar-refractivity contribution in [3.8, 4) is 17.6 Å². The third kappa shape index (κ3) is 4.30. The minimum absolute atomic E-state index is 0.0481. The number of thiophene rings is 1. The molecule has 0 radical (unpaired) electrons. The van der Waals surface area contributed by atoms with Crippen LogP contribution in [0, 0.1) is 18.3 Å². The van der Waals surface area contributed by atoms with Gasteiger partial charge in [-0.25, -0.2) is 0 Å². The number of aryl methyl sites for hydroxylation is 1. The molecule has 37 heavy (non-hydrogen) atoms. The fourth-order valence-corrected chi connectivity index (χ4v) is 5.58. The van der Waals surface area contributed by atoms with E-state index in [0.717, 1.165) is 44.6 Å². The van der Waals surface area contributed by atoms with Gasteiger partial charge in [0, 0.05) is 22.2 Å². The zero-order valence-corrected chi connectivity index (χ0v) is 21.9. The van der Waals surface area contributed by atoms with Crippen LogP contribution in [0.4, 0.5) is 0 Å². The maximum atomic E-state index is 12.6. The molecular formula is C30H27N3O3S. The van der Waals surface area contributed by atoms with Gasteiger partial charge in [0.2, 0.25) is 5.88 Å². The van der Waals surface area contributed by atoms with Gasteiger partial charge in [-0.2, -0.15) is 5.26 Å². The number of nitrogens with zero attached hydrogens (tertiary/aromatic N) is 1. The van der Waals surface area contributed by atoms with E-state index in [4.69, 9.17) is 15.2 Å². The number of benzene rings is 2. The predicted molar refractivity (Wildman–Crippen MR) is 147 cm³/mol. The molecule has 0 amide bonds. The van der Waals surface area contributed by atoms with E-state index in [-0.39, 0.29) is 17.6 Å². The van der Waals surface area contributed by atoms with Crippen LogP contribution in [0.5, 0.6) is 11.5 Å². The van der Waals surface area contributed by atoms with Crippen LogP contribution in [-0.2, 0) is 0 Å². The highest BCUT2D eigenvalue weighted by molar-refractivity contribution is 7.12. The molecule has 0 spiro atoms. The summed E-state index contributed by atoms with van der Waals surface area (Å²) in [6.45, 7) is 6.16. The number of fused-ring (bicyclic) bond motifs is 2. The molecule has 1 unspecified atom stereocenters. The molecule has 3 heterocycles. The normalized spacial score (nSPS) is 15.2. The lowest BCUT2D eigenvalue weighted by atomic mass is 9.79. The Bertz CT molecular complexity index is 1620. The molecule has 1 aliphatic heterocycles. The van der Waals surface area contributed by atoms with Gasteiger partial charge in [-0.1, -0.05) is 26.0 Å². The first kappa shape index (κ1) is 24.4. The lowest BCUT2D eigenvalue weighted by Crippen LogP contribution is -2.22. The van der Waals surface area contributed by atoms with Gasteiger partial charge in [-0.15, -0.1) is 11.3 Å². The predicted octanol–water partition coefficient (Wildman–Crippen LogP) is 6.78. The summed E-state index contributed by atoms with van der Waals surface area (Å²) in [7, 11) is 1.63. The molecule has 0 aliphatic carbocycles. The number of allylic oxidation sites excluding steroid dienone is 2. The van der Waals surface area contributed by atoms with Crippen molar-refractivity contribution in [3.63, 3.8) is 0 Å². The van der Waals surface area contributed by atoms with E-state index >= 15 is 0 Å². The second-order valence-electron chi connectivity index (χ2n) is 9.36. The highest BCUT2D eigenvalue weighted by atomic mass is 32.1. The smallest absolute Gasteiger partial charge is 0.205 e. The maximum absolute atomic E-state index is 12.6. The summed E-state index contributed by atoms with van der Waals surface area (Å²) in [5, 5.41) is 13.0. The molecule has 0 saturated heterocycles. The number of methoxy groups -OCH3 is 1. The summed E-state index contributed by atoms with van der Waals surface area (Å²) in [5.74, 6) is 1.12. The van der Waals surface area contributed by atoms with E-state index in [1.165, 1.54) is 11.3 Å². The van der Waals surface area contributed by atoms with Crippen molar-refractivity contribution < 1.29 is 14.3 Å². The molecule has 0 bridgehead atoms.